The predicted molar refractivity (Wildman–Crippen MR) is 68.1 cm³/mol. The van der Waals surface area contributed by atoms with Crippen LogP contribution >= 0.6 is 0 Å². The Bertz CT molecular complexity index is 504. The normalized spacial score (nSPS) is 12.8. The van der Waals surface area contributed by atoms with Crippen LogP contribution in [0.25, 0.3) is 0 Å². The molecule has 0 radical (unpaired) electrons. The fourth-order valence-corrected chi connectivity index (χ4v) is 1.57. The zero-order valence-corrected chi connectivity index (χ0v) is 11.0. The molecule has 1 aromatic rings. The van der Waals surface area contributed by atoms with Gasteiger partial charge in [0.05, 0.1) is 5.56 Å². The molecule has 1 amide bonds. The first-order chi connectivity index (χ1) is 8.62. The number of nitrogens with one attached hydrogen (secondary N) is 1. The number of carbonyl (C=O) groups is 2. The molecule has 0 aliphatic carbocycles. The van der Waals surface area contributed by atoms with Gasteiger partial charge in [0.1, 0.15) is 17.5 Å². The van der Waals surface area contributed by atoms with Crippen LogP contribution in [-0.4, -0.2) is 33.2 Å². The first-order valence-corrected chi connectivity index (χ1v) is 5.68. The number of rotatable bonds is 3. The van der Waals surface area contributed by atoms with Gasteiger partial charge in [0.25, 0.3) is 5.91 Å². The smallest absolute Gasteiger partial charge is 0.326 e. The van der Waals surface area contributed by atoms with Gasteiger partial charge in [0.15, 0.2) is 0 Å². The standard InChI is InChI=1S/C13H17NO5/c1-13(2,3)10(12(18)19)14-11(17)8-5-4-7(15)6-9(8)16/h4-6,10,15-16H,1-3H3,(H,14,17)(H,18,19). The Morgan fingerprint density at radius 3 is 2.21 bits per heavy atom. The molecule has 1 aromatic carbocycles. The van der Waals surface area contributed by atoms with Crippen molar-refractivity contribution in [2.75, 3.05) is 0 Å². The highest BCUT2D eigenvalue weighted by molar-refractivity contribution is 5.99. The van der Waals surface area contributed by atoms with E-state index in [2.05, 4.69) is 5.32 Å². The summed E-state index contributed by atoms with van der Waals surface area (Å²) >= 11 is 0. The van der Waals surface area contributed by atoms with Crippen LogP contribution < -0.4 is 5.32 Å². The van der Waals surface area contributed by atoms with Gasteiger partial charge in [0.2, 0.25) is 0 Å². The topological polar surface area (TPSA) is 107 Å². The lowest BCUT2D eigenvalue weighted by Crippen LogP contribution is -2.49. The molecule has 0 heterocycles. The highest BCUT2D eigenvalue weighted by Gasteiger charge is 2.33. The highest BCUT2D eigenvalue weighted by atomic mass is 16.4. The number of phenolic OH excluding ortho intramolecular Hbond substituents is 2. The van der Waals surface area contributed by atoms with E-state index in [4.69, 9.17) is 10.2 Å². The van der Waals surface area contributed by atoms with Crippen LogP contribution in [0.3, 0.4) is 0 Å². The Hall–Kier alpha value is -2.24. The lowest BCUT2D eigenvalue weighted by molar-refractivity contribution is -0.142. The molecule has 6 nitrogen and oxygen atoms in total. The largest absolute Gasteiger partial charge is 0.508 e. The van der Waals surface area contributed by atoms with E-state index in [1.165, 1.54) is 12.1 Å². The van der Waals surface area contributed by atoms with E-state index in [1.807, 2.05) is 0 Å². The first-order valence-electron chi connectivity index (χ1n) is 5.68. The molecule has 1 atom stereocenters. The van der Waals surface area contributed by atoms with Crippen molar-refractivity contribution in [3.8, 4) is 11.5 Å². The summed E-state index contributed by atoms with van der Waals surface area (Å²) in [6.07, 6.45) is 0. The molecule has 1 rings (SSSR count). The molecule has 19 heavy (non-hydrogen) atoms. The third-order valence-electron chi connectivity index (χ3n) is 2.61. The van der Waals surface area contributed by atoms with E-state index in [1.54, 1.807) is 20.8 Å². The monoisotopic (exact) mass is 267 g/mol. The fraction of sp³-hybridized carbons (Fsp3) is 0.385. The van der Waals surface area contributed by atoms with Gasteiger partial charge in [-0.15, -0.1) is 0 Å². The molecule has 0 fully saturated rings. The van der Waals surface area contributed by atoms with E-state index in [0.29, 0.717) is 0 Å². The molecule has 0 aliphatic heterocycles. The number of amides is 1. The van der Waals surface area contributed by atoms with E-state index in [9.17, 15) is 14.7 Å². The third-order valence-corrected chi connectivity index (χ3v) is 2.61. The molecule has 104 valence electrons. The molecule has 0 saturated carbocycles. The second-order valence-corrected chi connectivity index (χ2v) is 5.31. The average Bonchev–Trinajstić information content (AvgIpc) is 2.23. The van der Waals surface area contributed by atoms with Crippen LogP contribution in [0, 0.1) is 5.41 Å². The number of hydrogen-bond donors (Lipinski definition) is 4. The van der Waals surface area contributed by atoms with Crippen molar-refractivity contribution < 1.29 is 24.9 Å². The summed E-state index contributed by atoms with van der Waals surface area (Å²) in [6, 6.07) is 2.39. The molecule has 4 N–H and O–H groups in total. The van der Waals surface area contributed by atoms with Crippen LogP contribution in [0.5, 0.6) is 11.5 Å². The number of carboxylic acid groups (broad SMARTS) is 1. The molecule has 0 aliphatic rings. The summed E-state index contributed by atoms with van der Waals surface area (Å²) in [6.45, 7) is 5.05. The predicted octanol–water partition coefficient (Wildman–Crippen LogP) is 1.33. The van der Waals surface area contributed by atoms with Gasteiger partial charge in [-0.3, -0.25) is 4.79 Å². The summed E-state index contributed by atoms with van der Waals surface area (Å²) < 4.78 is 0. The molecule has 1 unspecified atom stereocenters. The second-order valence-electron chi connectivity index (χ2n) is 5.31. The Morgan fingerprint density at radius 1 is 1.21 bits per heavy atom. The van der Waals surface area contributed by atoms with Gasteiger partial charge >= 0.3 is 5.97 Å². The SMILES string of the molecule is CC(C)(C)C(NC(=O)c1ccc(O)cc1O)C(=O)O. The maximum atomic E-state index is 11.9. The first kappa shape index (κ1) is 14.8. The molecule has 0 saturated heterocycles. The summed E-state index contributed by atoms with van der Waals surface area (Å²) in [5, 5.41) is 30.1. The maximum Gasteiger partial charge on any atom is 0.326 e. The lowest BCUT2D eigenvalue weighted by Gasteiger charge is -2.27. The Morgan fingerprint density at radius 2 is 1.79 bits per heavy atom. The summed E-state index contributed by atoms with van der Waals surface area (Å²) in [5.74, 6) is -2.45. The zero-order valence-electron chi connectivity index (χ0n) is 11.0. The minimum atomic E-state index is -1.15. The number of phenols is 2. The number of aliphatic carboxylic acids is 1. The number of hydrogen-bond acceptors (Lipinski definition) is 4. The van der Waals surface area contributed by atoms with Crippen molar-refractivity contribution >= 4 is 11.9 Å². The number of aromatic hydroxyl groups is 2. The summed E-state index contributed by atoms with van der Waals surface area (Å²) in [7, 11) is 0. The lowest BCUT2D eigenvalue weighted by atomic mass is 9.86. The van der Waals surface area contributed by atoms with Crippen LogP contribution in [0.1, 0.15) is 31.1 Å². The van der Waals surface area contributed by atoms with Crippen LogP contribution in [0.2, 0.25) is 0 Å². The zero-order chi connectivity index (χ0) is 14.8. The van der Waals surface area contributed by atoms with E-state index in [0.717, 1.165) is 6.07 Å². The minimum Gasteiger partial charge on any atom is -0.508 e. The molecule has 0 spiro atoms. The van der Waals surface area contributed by atoms with Gasteiger partial charge in [-0.2, -0.15) is 0 Å². The van der Waals surface area contributed by atoms with Gasteiger partial charge in [0, 0.05) is 6.07 Å². The quantitative estimate of drug-likeness (QED) is 0.661. The Labute approximate surface area is 110 Å². The Kier molecular flexibility index (Phi) is 4.04. The number of carboxylic acids is 1. The maximum absolute atomic E-state index is 11.9. The molecular weight excluding hydrogens is 250 g/mol. The van der Waals surface area contributed by atoms with Gasteiger partial charge in [-0.25, -0.2) is 4.79 Å². The van der Waals surface area contributed by atoms with Crippen molar-refractivity contribution in [1.82, 2.24) is 5.32 Å². The second kappa shape index (κ2) is 5.17. The minimum absolute atomic E-state index is 0.0895. The highest BCUT2D eigenvalue weighted by Crippen LogP contribution is 2.24. The molecule has 0 bridgehead atoms. The van der Waals surface area contributed by atoms with Crippen LogP contribution in [-0.2, 0) is 4.79 Å². The van der Waals surface area contributed by atoms with Crippen molar-refractivity contribution in [2.45, 2.75) is 26.8 Å². The molecular formula is C13H17NO5. The van der Waals surface area contributed by atoms with Crippen molar-refractivity contribution in [3.63, 3.8) is 0 Å². The fourth-order valence-electron chi connectivity index (χ4n) is 1.57. The molecule has 0 aromatic heterocycles. The van der Waals surface area contributed by atoms with E-state index >= 15 is 0 Å². The molecule has 6 heteroatoms. The van der Waals surface area contributed by atoms with Gasteiger partial charge in [-0.05, 0) is 17.5 Å². The van der Waals surface area contributed by atoms with Gasteiger partial charge < -0.3 is 20.6 Å². The summed E-state index contributed by atoms with van der Waals surface area (Å²) in [5.41, 5.74) is -0.762. The number of carbonyl (C=O) groups excluding carboxylic acids is 1. The Balaban J connectivity index is 2.98. The summed E-state index contributed by atoms with van der Waals surface area (Å²) in [4.78, 5) is 23.1. The van der Waals surface area contributed by atoms with Crippen molar-refractivity contribution in [1.29, 1.82) is 0 Å². The van der Waals surface area contributed by atoms with Crippen molar-refractivity contribution in [2.24, 2.45) is 5.41 Å². The number of benzene rings is 1. The third kappa shape index (κ3) is 3.61. The van der Waals surface area contributed by atoms with E-state index < -0.39 is 29.1 Å². The average molecular weight is 267 g/mol. The van der Waals surface area contributed by atoms with Crippen LogP contribution in [0.4, 0.5) is 0 Å². The van der Waals surface area contributed by atoms with Gasteiger partial charge in [-0.1, -0.05) is 20.8 Å². The van der Waals surface area contributed by atoms with E-state index in [-0.39, 0.29) is 11.3 Å². The van der Waals surface area contributed by atoms with Crippen LogP contribution in [0.15, 0.2) is 18.2 Å². The van der Waals surface area contributed by atoms with Crippen molar-refractivity contribution in [3.05, 3.63) is 23.8 Å².